The van der Waals surface area contributed by atoms with E-state index in [0.717, 1.165) is 6.54 Å². The molecule has 5 nitrogen and oxygen atoms in total. The van der Waals surface area contributed by atoms with Crippen LogP contribution in [0.15, 0.2) is 6.33 Å². The fourth-order valence-electron chi connectivity index (χ4n) is 1.81. The van der Waals surface area contributed by atoms with Gasteiger partial charge in [-0.15, -0.1) is 0 Å². The summed E-state index contributed by atoms with van der Waals surface area (Å²) in [6, 6.07) is 0. The van der Waals surface area contributed by atoms with Crippen LogP contribution in [0.2, 0.25) is 5.02 Å². The molecule has 0 radical (unpaired) electrons. The quantitative estimate of drug-likeness (QED) is 0.805. The second kappa shape index (κ2) is 4.07. The number of halogens is 1. The topological polar surface area (TPSA) is 64.3 Å². The zero-order valence-electron chi connectivity index (χ0n) is 9.40. The Kier molecular flexibility index (Phi) is 2.90. The minimum Gasteiger partial charge on any atom is -0.382 e. The molecule has 0 amide bonds. The molecule has 0 atom stereocenters. The first-order valence-electron chi connectivity index (χ1n) is 5.14. The molecule has 0 unspecified atom stereocenters. The fraction of sp³-hybridized carbons (Fsp3) is 0.600. The van der Waals surface area contributed by atoms with Crippen LogP contribution in [0.5, 0.6) is 0 Å². The standard InChI is InChI=1S/C10H15ClN4O/c1-10(2)5-16-4-3-15(10)9-7(11)8(12)13-6-14-9/h6H,3-5H2,1-2H3,(H2,12,13,14). The summed E-state index contributed by atoms with van der Waals surface area (Å²) in [6.07, 6.45) is 1.43. The van der Waals surface area contributed by atoms with Crippen molar-refractivity contribution in [3.63, 3.8) is 0 Å². The van der Waals surface area contributed by atoms with E-state index in [2.05, 4.69) is 28.7 Å². The van der Waals surface area contributed by atoms with Gasteiger partial charge in [0, 0.05) is 6.54 Å². The van der Waals surface area contributed by atoms with Crippen LogP contribution in [0.3, 0.4) is 0 Å². The largest absolute Gasteiger partial charge is 0.382 e. The molecule has 1 aliphatic heterocycles. The SMILES string of the molecule is CC1(C)COCCN1c1ncnc(N)c1Cl. The minimum atomic E-state index is -0.136. The lowest BCUT2D eigenvalue weighted by atomic mass is 10.0. The van der Waals surface area contributed by atoms with Crippen molar-refractivity contribution in [2.45, 2.75) is 19.4 Å². The summed E-state index contributed by atoms with van der Waals surface area (Å²) in [6.45, 7) is 6.24. The third-order valence-corrected chi connectivity index (χ3v) is 3.06. The average molecular weight is 243 g/mol. The van der Waals surface area contributed by atoms with Gasteiger partial charge in [-0.05, 0) is 13.8 Å². The third-order valence-electron chi connectivity index (χ3n) is 2.70. The van der Waals surface area contributed by atoms with Gasteiger partial charge in [0.05, 0.1) is 18.8 Å². The van der Waals surface area contributed by atoms with Crippen LogP contribution in [0.4, 0.5) is 11.6 Å². The number of nitrogens with zero attached hydrogens (tertiary/aromatic N) is 3. The van der Waals surface area contributed by atoms with Crippen molar-refractivity contribution in [3.05, 3.63) is 11.3 Å². The van der Waals surface area contributed by atoms with E-state index in [4.69, 9.17) is 22.1 Å². The third kappa shape index (κ3) is 1.92. The number of rotatable bonds is 1. The molecule has 0 aromatic carbocycles. The first kappa shape index (κ1) is 11.4. The number of anilines is 2. The second-order valence-corrected chi connectivity index (χ2v) is 4.79. The maximum atomic E-state index is 6.12. The predicted molar refractivity (Wildman–Crippen MR) is 63.7 cm³/mol. The Morgan fingerprint density at radius 3 is 2.94 bits per heavy atom. The molecule has 2 rings (SSSR count). The maximum Gasteiger partial charge on any atom is 0.153 e. The molecule has 88 valence electrons. The molecule has 16 heavy (non-hydrogen) atoms. The van der Waals surface area contributed by atoms with E-state index in [1.807, 2.05) is 0 Å². The van der Waals surface area contributed by atoms with Gasteiger partial charge in [0.15, 0.2) is 5.82 Å². The summed E-state index contributed by atoms with van der Waals surface area (Å²) in [4.78, 5) is 10.2. The average Bonchev–Trinajstić information content (AvgIpc) is 2.22. The van der Waals surface area contributed by atoms with Gasteiger partial charge in [-0.3, -0.25) is 0 Å². The summed E-state index contributed by atoms with van der Waals surface area (Å²) in [7, 11) is 0. The zero-order valence-corrected chi connectivity index (χ0v) is 10.2. The van der Waals surface area contributed by atoms with Gasteiger partial charge in [0.2, 0.25) is 0 Å². The van der Waals surface area contributed by atoms with Crippen molar-refractivity contribution in [1.82, 2.24) is 9.97 Å². The summed E-state index contributed by atoms with van der Waals surface area (Å²) in [5, 5.41) is 0.414. The van der Waals surface area contributed by atoms with E-state index in [0.29, 0.717) is 29.9 Å². The molecule has 0 aliphatic carbocycles. The van der Waals surface area contributed by atoms with Gasteiger partial charge in [0.25, 0.3) is 0 Å². The molecule has 1 fully saturated rings. The summed E-state index contributed by atoms with van der Waals surface area (Å²) in [5.41, 5.74) is 5.54. The lowest BCUT2D eigenvalue weighted by molar-refractivity contribution is 0.0639. The Morgan fingerprint density at radius 2 is 2.25 bits per heavy atom. The van der Waals surface area contributed by atoms with E-state index in [9.17, 15) is 0 Å². The number of aromatic nitrogens is 2. The van der Waals surface area contributed by atoms with Crippen LogP contribution in [0.1, 0.15) is 13.8 Å². The Bertz CT molecular complexity index is 396. The number of nitrogens with two attached hydrogens (primary N) is 1. The molecule has 2 N–H and O–H groups in total. The Labute approximate surface area is 99.6 Å². The van der Waals surface area contributed by atoms with Gasteiger partial charge in [-0.25, -0.2) is 9.97 Å². The Balaban J connectivity index is 2.39. The first-order chi connectivity index (χ1) is 7.52. The van der Waals surface area contributed by atoms with Crippen LogP contribution in [0.25, 0.3) is 0 Å². The normalized spacial score (nSPS) is 19.8. The van der Waals surface area contributed by atoms with E-state index >= 15 is 0 Å². The molecular formula is C10H15ClN4O. The number of hydrogen-bond donors (Lipinski definition) is 1. The summed E-state index contributed by atoms with van der Waals surface area (Å²) < 4.78 is 5.45. The Hall–Kier alpha value is -1.07. The summed E-state index contributed by atoms with van der Waals surface area (Å²) >= 11 is 6.12. The number of morpholine rings is 1. The first-order valence-corrected chi connectivity index (χ1v) is 5.51. The van der Waals surface area contributed by atoms with Crippen LogP contribution in [-0.4, -0.2) is 35.3 Å². The van der Waals surface area contributed by atoms with Gasteiger partial charge in [0.1, 0.15) is 17.2 Å². The van der Waals surface area contributed by atoms with Crippen LogP contribution in [0, 0.1) is 0 Å². The van der Waals surface area contributed by atoms with Crippen molar-refractivity contribution in [3.8, 4) is 0 Å². The van der Waals surface area contributed by atoms with Crippen LogP contribution >= 0.6 is 11.6 Å². The van der Waals surface area contributed by atoms with Crippen LogP contribution in [-0.2, 0) is 4.74 Å². The highest BCUT2D eigenvalue weighted by Crippen LogP contribution is 2.32. The predicted octanol–water partition coefficient (Wildman–Crippen LogP) is 1.33. The van der Waals surface area contributed by atoms with Crippen molar-refractivity contribution in [2.75, 3.05) is 30.4 Å². The van der Waals surface area contributed by atoms with Gasteiger partial charge < -0.3 is 15.4 Å². The number of nitrogen functional groups attached to an aromatic ring is 1. The minimum absolute atomic E-state index is 0.136. The van der Waals surface area contributed by atoms with E-state index in [1.165, 1.54) is 6.33 Å². The highest BCUT2D eigenvalue weighted by Gasteiger charge is 2.33. The number of ether oxygens (including phenoxy) is 1. The van der Waals surface area contributed by atoms with Crippen molar-refractivity contribution >= 4 is 23.2 Å². The highest BCUT2D eigenvalue weighted by atomic mass is 35.5. The zero-order chi connectivity index (χ0) is 11.8. The van der Waals surface area contributed by atoms with Crippen molar-refractivity contribution < 1.29 is 4.74 Å². The molecule has 0 spiro atoms. The van der Waals surface area contributed by atoms with Crippen molar-refractivity contribution in [2.24, 2.45) is 0 Å². The summed E-state index contributed by atoms with van der Waals surface area (Å²) in [5.74, 6) is 0.997. The highest BCUT2D eigenvalue weighted by molar-refractivity contribution is 6.35. The fourth-order valence-corrected chi connectivity index (χ4v) is 2.01. The van der Waals surface area contributed by atoms with Crippen LogP contribution < -0.4 is 10.6 Å². The second-order valence-electron chi connectivity index (χ2n) is 4.41. The van der Waals surface area contributed by atoms with Gasteiger partial charge in [-0.1, -0.05) is 11.6 Å². The lowest BCUT2D eigenvalue weighted by Gasteiger charge is -2.43. The molecule has 1 aromatic rings. The van der Waals surface area contributed by atoms with E-state index in [1.54, 1.807) is 0 Å². The molecule has 1 aromatic heterocycles. The van der Waals surface area contributed by atoms with Crippen molar-refractivity contribution in [1.29, 1.82) is 0 Å². The molecular weight excluding hydrogens is 228 g/mol. The van der Waals surface area contributed by atoms with E-state index in [-0.39, 0.29) is 5.54 Å². The maximum absolute atomic E-state index is 6.12. The number of hydrogen-bond acceptors (Lipinski definition) is 5. The van der Waals surface area contributed by atoms with Gasteiger partial charge >= 0.3 is 0 Å². The molecule has 0 bridgehead atoms. The smallest absolute Gasteiger partial charge is 0.153 e. The monoisotopic (exact) mass is 242 g/mol. The van der Waals surface area contributed by atoms with E-state index < -0.39 is 0 Å². The molecule has 1 saturated heterocycles. The van der Waals surface area contributed by atoms with Gasteiger partial charge in [-0.2, -0.15) is 0 Å². The molecule has 0 saturated carbocycles. The lowest BCUT2D eigenvalue weighted by Crippen LogP contribution is -2.53. The Morgan fingerprint density at radius 1 is 1.50 bits per heavy atom. The molecule has 6 heteroatoms. The molecule has 2 heterocycles. The molecule has 1 aliphatic rings.